The molecule has 3 atom stereocenters. The normalized spacial score (nSPS) is 28.2. The van der Waals surface area contributed by atoms with Crippen LogP contribution in [0.4, 0.5) is 13.2 Å². The Morgan fingerprint density at radius 2 is 2.00 bits per heavy atom. The summed E-state index contributed by atoms with van der Waals surface area (Å²) in [5, 5.41) is 18.6. The van der Waals surface area contributed by atoms with Gasteiger partial charge in [-0.15, -0.1) is 0 Å². The van der Waals surface area contributed by atoms with Gasteiger partial charge in [-0.2, -0.15) is 18.4 Å². The lowest BCUT2D eigenvalue weighted by molar-refractivity contribution is -0.137. The molecular weight excluding hydrogens is 457 g/mol. The number of alkyl halides is 3. The van der Waals surface area contributed by atoms with E-state index in [4.69, 9.17) is 11.6 Å². The third-order valence-electron chi connectivity index (χ3n) is 6.85. The highest BCUT2D eigenvalue weighted by atomic mass is 35.5. The largest absolute Gasteiger partial charge is 0.417 e. The second-order valence-electron chi connectivity index (χ2n) is 9.19. The van der Waals surface area contributed by atoms with Crippen molar-refractivity contribution < 1.29 is 18.0 Å². The Morgan fingerprint density at radius 3 is 2.61 bits per heavy atom. The van der Waals surface area contributed by atoms with Crippen LogP contribution in [0.3, 0.4) is 0 Å². The highest BCUT2D eigenvalue weighted by molar-refractivity contribution is 6.31. The van der Waals surface area contributed by atoms with E-state index in [1.165, 1.54) is 6.07 Å². The van der Waals surface area contributed by atoms with Crippen molar-refractivity contribution in [3.05, 3.63) is 34.3 Å². The summed E-state index contributed by atoms with van der Waals surface area (Å²) in [6.45, 7) is 4.25. The average Bonchev–Trinajstić information content (AvgIpc) is 3.59. The number of halogens is 4. The summed E-state index contributed by atoms with van der Waals surface area (Å²) >= 11 is 5.79. The van der Waals surface area contributed by atoms with Crippen molar-refractivity contribution in [3.63, 3.8) is 0 Å². The molecule has 0 spiro atoms. The molecule has 2 heterocycles. The Labute approximate surface area is 196 Å². The van der Waals surface area contributed by atoms with Gasteiger partial charge in [0.2, 0.25) is 5.91 Å². The van der Waals surface area contributed by atoms with Crippen LogP contribution in [0, 0.1) is 22.7 Å². The van der Waals surface area contributed by atoms with Crippen molar-refractivity contribution in [2.75, 3.05) is 46.3 Å². The first kappa shape index (κ1) is 24.2. The second-order valence-corrected chi connectivity index (χ2v) is 9.60. The monoisotopic (exact) mass is 484 g/mol. The smallest absolute Gasteiger partial charge is 0.354 e. The van der Waals surface area contributed by atoms with Gasteiger partial charge in [0.25, 0.3) is 0 Å². The van der Waals surface area contributed by atoms with Gasteiger partial charge in [-0.1, -0.05) is 17.7 Å². The molecule has 3 N–H and O–H groups in total. The maximum absolute atomic E-state index is 13.4. The first-order valence-corrected chi connectivity index (χ1v) is 11.5. The number of nitrogens with one attached hydrogen (secondary N) is 3. The van der Waals surface area contributed by atoms with Crippen molar-refractivity contribution in [1.82, 2.24) is 25.8 Å². The molecule has 0 radical (unpaired) electrons. The van der Waals surface area contributed by atoms with Crippen LogP contribution in [0.1, 0.15) is 30.1 Å². The third kappa shape index (κ3) is 5.28. The zero-order valence-corrected chi connectivity index (χ0v) is 19.1. The van der Waals surface area contributed by atoms with E-state index in [1.54, 1.807) is 6.07 Å². The number of benzene rings is 1. The van der Waals surface area contributed by atoms with Gasteiger partial charge in [0.1, 0.15) is 5.41 Å². The molecule has 180 valence electrons. The van der Waals surface area contributed by atoms with Crippen LogP contribution < -0.4 is 16.0 Å². The standard InChI is InChI=1S/C22H28ClF3N6O/c1-31-6-8-32(9-7-31)19-15(12-29-20(33)21(13-27)4-5-21)11-28-18(30-19)14-2-3-17(23)16(10-14)22(24,25)26/h2-3,10,15,18-19,28,30H,4-9,11-12H2,1H3,(H,29,33). The van der Waals surface area contributed by atoms with Crippen molar-refractivity contribution in [2.45, 2.75) is 31.3 Å². The molecule has 3 unspecified atom stereocenters. The number of hydrogen-bond donors (Lipinski definition) is 3. The van der Waals surface area contributed by atoms with E-state index in [1.807, 2.05) is 0 Å². The van der Waals surface area contributed by atoms with E-state index in [2.05, 4.69) is 38.9 Å². The minimum atomic E-state index is -4.54. The molecule has 3 aliphatic rings. The van der Waals surface area contributed by atoms with Crippen LogP contribution in [-0.2, 0) is 11.0 Å². The Balaban J connectivity index is 1.50. The highest BCUT2D eigenvalue weighted by Crippen LogP contribution is 2.45. The molecule has 0 aromatic heterocycles. The number of piperazine rings is 1. The summed E-state index contributed by atoms with van der Waals surface area (Å²) < 4.78 is 40.1. The third-order valence-corrected chi connectivity index (χ3v) is 7.18. The first-order chi connectivity index (χ1) is 15.6. The molecule has 7 nitrogen and oxygen atoms in total. The summed E-state index contributed by atoms with van der Waals surface area (Å²) in [7, 11) is 2.05. The van der Waals surface area contributed by atoms with Gasteiger partial charge in [0, 0.05) is 45.2 Å². The molecule has 0 bridgehead atoms. The second kappa shape index (κ2) is 9.39. The van der Waals surface area contributed by atoms with Gasteiger partial charge < -0.3 is 10.2 Å². The summed E-state index contributed by atoms with van der Waals surface area (Å²) in [4.78, 5) is 17.0. The van der Waals surface area contributed by atoms with Gasteiger partial charge >= 0.3 is 6.18 Å². The fourth-order valence-electron chi connectivity index (χ4n) is 4.50. The minimum absolute atomic E-state index is 0.0162. The van der Waals surface area contributed by atoms with Gasteiger partial charge in [-0.3, -0.25) is 20.3 Å². The molecule has 1 amide bonds. The summed E-state index contributed by atoms with van der Waals surface area (Å²) in [5.41, 5.74) is -1.30. The van der Waals surface area contributed by atoms with Gasteiger partial charge in [-0.25, -0.2) is 0 Å². The minimum Gasteiger partial charge on any atom is -0.354 e. The lowest BCUT2D eigenvalue weighted by Gasteiger charge is -2.46. The quantitative estimate of drug-likeness (QED) is 0.594. The fourth-order valence-corrected chi connectivity index (χ4v) is 4.72. The predicted octanol–water partition coefficient (Wildman–Crippen LogP) is 2.16. The van der Waals surface area contributed by atoms with Crippen LogP contribution in [0.15, 0.2) is 18.2 Å². The van der Waals surface area contributed by atoms with Gasteiger partial charge in [0.15, 0.2) is 0 Å². The summed E-state index contributed by atoms with van der Waals surface area (Å²) in [6, 6.07) is 6.06. The predicted molar refractivity (Wildman–Crippen MR) is 117 cm³/mol. The topological polar surface area (TPSA) is 83.4 Å². The Morgan fingerprint density at radius 1 is 1.30 bits per heavy atom. The van der Waals surface area contributed by atoms with E-state index in [-0.39, 0.29) is 23.0 Å². The number of rotatable bonds is 5. The fraction of sp³-hybridized carbons (Fsp3) is 0.636. The van der Waals surface area contributed by atoms with Crippen LogP contribution in [-0.4, -0.2) is 68.2 Å². The molecule has 4 rings (SSSR count). The number of hydrogen-bond acceptors (Lipinski definition) is 6. The molecule has 3 fully saturated rings. The van der Waals surface area contributed by atoms with E-state index in [0.717, 1.165) is 32.2 Å². The molecule has 1 aromatic rings. The molecular formula is C22H28ClF3N6O. The zero-order valence-electron chi connectivity index (χ0n) is 18.4. The SMILES string of the molecule is CN1CCN(C2NC(c3ccc(Cl)c(C(F)(F)F)c3)NCC2CNC(=O)C2(C#N)CC2)CC1. The molecule has 2 aliphatic heterocycles. The lowest BCUT2D eigenvalue weighted by atomic mass is 9.97. The Bertz CT molecular complexity index is 924. The number of nitriles is 1. The van der Waals surface area contributed by atoms with Gasteiger partial charge in [0.05, 0.1) is 29.0 Å². The first-order valence-electron chi connectivity index (χ1n) is 11.1. The van der Waals surface area contributed by atoms with E-state index < -0.39 is 23.3 Å². The molecule has 33 heavy (non-hydrogen) atoms. The number of nitrogens with zero attached hydrogens (tertiary/aromatic N) is 3. The van der Waals surface area contributed by atoms with E-state index in [0.29, 0.717) is 31.5 Å². The molecule has 1 aliphatic carbocycles. The van der Waals surface area contributed by atoms with Crippen LogP contribution in [0.2, 0.25) is 5.02 Å². The maximum Gasteiger partial charge on any atom is 0.417 e. The van der Waals surface area contributed by atoms with Crippen molar-refractivity contribution >= 4 is 17.5 Å². The van der Waals surface area contributed by atoms with E-state index >= 15 is 0 Å². The number of amides is 1. The van der Waals surface area contributed by atoms with Crippen LogP contribution in [0.25, 0.3) is 0 Å². The van der Waals surface area contributed by atoms with E-state index in [9.17, 15) is 23.2 Å². The average molecular weight is 485 g/mol. The molecule has 1 aromatic carbocycles. The number of carbonyl (C=O) groups is 1. The molecule has 1 saturated carbocycles. The molecule has 2 saturated heterocycles. The summed E-state index contributed by atoms with van der Waals surface area (Å²) in [5.74, 6) is -0.255. The lowest BCUT2D eigenvalue weighted by Crippen LogP contribution is -2.65. The maximum atomic E-state index is 13.4. The van der Waals surface area contributed by atoms with Gasteiger partial charge in [-0.05, 0) is 37.6 Å². The van der Waals surface area contributed by atoms with Crippen molar-refractivity contribution in [1.29, 1.82) is 5.26 Å². The number of carbonyl (C=O) groups excluding carboxylic acids is 1. The zero-order chi connectivity index (χ0) is 23.8. The van der Waals surface area contributed by atoms with Crippen LogP contribution in [0.5, 0.6) is 0 Å². The molecule has 11 heteroatoms. The number of likely N-dealkylation sites (N-methyl/N-ethyl adjacent to an activating group) is 1. The Hall–Kier alpha value is -1.90. The Kier molecular flexibility index (Phi) is 6.90. The van der Waals surface area contributed by atoms with Crippen molar-refractivity contribution in [3.8, 4) is 6.07 Å². The summed E-state index contributed by atoms with van der Waals surface area (Å²) in [6.07, 6.45) is -4.01. The van der Waals surface area contributed by atoms with Crippen molar-refractivity contribution in [2.24, 2.45) is 11.3 Å². The van der Waals surface area contributed by atoms with Crippen LogP contribution >= 0.6 is 11.6 Å². The highest BCUT2D eigenvalue weighted by Gasteiger charge is 2.51.